The lowest BCUT2D eigenvalue weighted by Gasteiger charge is -2.24. The van der Waals surface area contributed by atoms with E-state index in [4.69, 9.17) is 0 Å². The van der Waals surface area contributed by atoms with E-state index >= 15 is 0 Å². The molecule has 1 aromatic rings. The second-order valence-electron chi connectivity index (χ2n) is 6.83. The van der Waals surface area contributed by atoms with E-state index in [0.29, 0.717) is 0 Å². The van der Waals surface area contributed by atoms with Gasteiger partial charge in [0, 0.05) is 11.2 Å². The Labute approximate surface area is 120 Å². The zero-order chi connectivity index (χ0) is 15.1. The van der Waals surface area contributed by atoms with E-state index in [2.05, 4.69) is 5.32 Å². The molecule has 0 aromatic heterocycles. The van der Waals surface area contributed by atoms with Crippen LogP contribution in [-0.4, -0.2) is 23.9 Å². The third-order valence-corrected chi connectivity index (χ3v) is 3.46. The summed E-state index contributed by atoms with van der Waals surface area (Å²) in [6, 6.07) is 7.66. The minimum Gasteiger partial charge on any atom is -0.350 e. The monoisotopic (exact) mass is 274 g/mol. The number of anilines is 1. The molecular formula is C16H22N2O2. The van der Waals surface area contributed by atoms with Crippen molar-refractivity contribution in [2.24, 2.45) is 0 Å². The molecule has 108 valence electrons. The van der Waals surface area contributed by atoms with Gasteiger partial charge in [-0.15, -0.1) is 0 Å². The van der Waals surface area contributed by atoms with E-state index in [-0.39, 0.29) is 23.9 Å². The molecule has 1 aliphatic heterocycles. The van der Waals surface area contributed by atoms with Crippen molar-refractivity contribution >= 4 is 17.5 Å². The molecule has 1 heterocycles. The van der Waals surface area contributed by atoms with Crippen LogP contribution in [0.15, 0.2) is 24.3 Å². The summed E-state index contributed by atoms with van der Waals surface area (Å²) in [5, 5.41) is 2.89. The number of nitrogens with one attached hydrogen (secondary N) is 1. The van der Waals surface area contributed by atoms with Gasteiger partial charge in [0.1, 0.15) is 6.54 Å². The van der Waals surface area contributed by atoms with Crippen molar-refractivity contribution in [1.29, 1.82) is 0 Å². The molecular weight excluding hydrogens is 252 g/mol. The summed E-state index contributed by atoms with van der Waals surface area (Å²) in [6.07, 6.45) is 0. The molecule has 0 saturated heterocycles. The molecule has 0 saturated carbocycles. The van der Waals surface area contributed by atoms with E-state index in [1.807, 2.05) is 58.9 Å². The van der Waals surface area contributed by atoms with Crippen LogP contribution in [0.1, 0.15) is 40.2 Å². The van der Waals surface area contributed by atoms with Gasteiger partial charge in [-0.25, -0.2) is 0 Å². The molecule has 20 heavy (non-hydrogen) atoms. The molecule has 0 radical (unpaired) electrons. The highest BCUT2D eigenvalue weighted by Gasteiger charge is 2.44. The summed E-state index contributed by atoms with van der Waals surface area (Å²) in [4.78, 5) is 26.2. The lowest BCUT2D eigenvalue weighted by atomic mass is 9.86. The number of rotatable bonds is 2. The largest absolute Gasteiger partial charge is 0.350 e. The maximum Gasteiger partial charge on any atom is 0.240 e. The molecule has 4 heteroatoms. The third kappa shape index (κ3) is 2.55. The number of nitrogens with zero attached hydrogens (tertiary/aromatic N) is 1. The summed E-state index contributed by atoms with van der Waals surface area (Å²) in [7, 11) is 0. The normalized spacial score (nSPS) is 17.1. The van der Waals surface area contributed by atoms with E-state index in [1.165, 1.54) is 0 Å². The van der Waals surface area contributed by atoms with Gasteiger partial charge in [0.15, 0.2) is 0 Å². The summed E-state index contributed by atoms with van der Waals surface area (Å²) < 4.78 is 0. The topological polar surface area (TPSA) is 49.4 Å². The highest BCUT2D eigenvalue weighted by atomic mass is 16.2. The van der Waals surface area contributed by atoms with Crippen LogP contribution in [0.2, 0.25) is 0 Å². The Morgan fingerprint density at radius 2 is 1.85 bits per heavy atom. The molecule has 0 unspecified atom stereocenters. The van der Waals surface area contributed by atoms with Crippen LogP contribution < -0.4 is 10.2 Å². The molecule has 1 N–H and O–H groups in total. The first kappa shape index (κ1) is 14.6. The van der Waals surface area contributed by atoms with E-state index in [9.17, 15) is 9.59 Å². The Hall–Kier alpha value is -1.84. The second-order valence-corrected chi connectivity index (χ2v) is 6.83. The molecule has 2 amide bonds. The fourth-order valence-corrected chi connectivity index (χ4v) is 2.56. The minimum atomic E-state index is -0.571. The van der Waals surface area contributed by atoms with Crippen LogP contribution in [-0.2, 0) is 15.0 Å². The molecule has 2 rings (SSSR count). The van der Waals surface area contributed by atoms with E-state index in [1.54, 1.807) is 4.90 Å². The summed E-state index contributed by atoms with van der Waals surface area (Å²) in [5.41, 5.74) is 0.952. The maximum atomic E-state index is 12.5. The van der Waals surface area contributed by atoms with E-state index in [0.717, 1.165) is 11.3 Å². The minimum absolute atomic E-state index is 0.0252. The lowest BCUT2D eigenvalue weighted by molar-refractivity contribution is -0.126. The number of carbonyl (C=O) groups excluding carboxylic acids is 2. The Morgan fingerprint density at radius 3 is 2.45 bits per heavy atom. The van der Waals surface area contributed by atoms with Gasteiger partial charge in [-0.3, -0.25) is 9.59 Å². The fourth-order valence-electron chi connectivity index (χ4n) is 2.56. The number of hydrogen-bond acceptors (Lipinski definition) is 2. The number of para-hydroxylation sites is 1. The smallest absolute Gasteiger partial charge is 0.240 e. The first-order valence-electron chi connectivity index (χ1n) is 6.85. The average molecular weight is 274 g/mol. The Bertz CT molecular complexity index is 556. The Morgan fingerprint density at radius 1 is 1.25 bits per heavy atom. The molecule has 0 aliphatic carbocycles. The quantitative estimate of drug-likeness (QED) is 0.899. The lowest BCUT2D eigenvalue weighted by Crippen LogP contribution is -2.48. The Balaban J connectivity index is 2.26. The first-order chi connectivity index (χ1) is 9.13. The number of amides is 2. The van der Waals surface area contributed by atoms with Crippen molar-refractivity contribution in [3.8, 4) is 0 Å². The number of benzene rings is 1. The third-order valence-electron chi connectivity index (χ3n) is 3.46. The van der Waals surface area contributed by atoms with Crippen molar-refractivity contribution in [3.05, 3.63) is 29.8 Å². The molecule has 0 spiro atoms. The van der Waals surface area contributed by atoms with Crippen LogP contribution in [0, 0.1) is 0 Å². The van der Waals surface area contributed by atoms with Gasteiger partial charge in [-0.1, -0.05) is 18.2 Å². The summed E-state index contributed by atoms with van der Waals surface area (Å²) >= 11 is 0. The van der Waals surface area contributed by atoms with Crippen molar-refractivity contribution < 1.29 is 9.59 Å². The van der Waals surface area contributed by atoms with Gasteiger partial charge in [0.2, 0.25) is 11.8 Å². The molecule has 1 aliphatic rings. The van der Waals surface area contributed by atoms with E-state index < -0.39 is 5.41 Å². The molecule has 1 aromatic carbocycles. The average Bonchev–Trinajstić information content (AvgIpc) is 2.49. The van der Waals surface area contributed by atoms with Crippen LogP contribution in [0.5, 0.6) is 0 Å². The van der Waals surface area contributed by atoms with Crippen LogP contribution in [0.25, 0.3) is 0 Å². The van der Waals surface area contributed by atoms with Gasteiger partial charge in [0.05, 0.1) is 5.41 Å². The summed E-state index contributed by atoms with van der Waals surface area (Å²) in [6.45, 7) is 9.64. The molecule has 4 nitrogen and oxygen atoms in total. The van der Waals surface area contributed by atoms with Gasteiger partial charge < -0.3 is 10.2 Å². The molecule has 0 bridgehead atoms. The second kappa shape index (κ2) is 4.62. The number of fused-ring (bicyclic) bond motifs is 1. The zero-order valence-corrected chi connectivity index (χ0v) is 12.8. The molecule has 0 fully saturated rings. The summed E-state index contributed by atoms with van der Waals surface area (Å²) in [5.74, 6) is -0.166. The van der Waals surface area contributed by atoms with Gasteiger partial charge in [-0.05, 0) is 46.2 Å². The van der Waals surface area contributed by atoms with Crippen LogP contribution in [0.3, 0.4) is 0 Å². The van der Waals surface area contributed by atoms with Gasteiger partial charge in [-0.2, -0.15) is 0 Å². The maximum absolute atomic E-state index is 12.5. The van der Waals surface area contributed by atoms with Crippen LogP contribution >= 0.6 is 0 Å². The van der Waals surface area contributed by atoms with Gasteiger partial charge in [0.25, 0.3) is 0 Å². The van der Waals surface area contributed by atoms with Crippen molar-refractivity contribution in [1.82, 2.24) is 5.32 Å². The van der Waals surface area contributed by atoms with Crippen molar-refractivity contribution in [2.45, 2.75) is 45.6 Å². The predicted molar refractivity (Wildman–Crippen MR) is 79.7 cm³/mol. The van der Waals surface area contributed by atoms with Crippen LogP contribution in [0.4, 0.5) is 5.69 Å². The number of hydrogen-bond donors (Lipinski definition) is 1. The SMILES string of the molecule is CC(C)(C)NC(=O)CN1C(=O)C(C)(C)c2ccccc21. The molecule has 0 atom stereocenters. The first-order valence-corrected chi connectivity index (χ1v) is 6.85. The van der Waals surface area contributed by atoms with Gasteiger partial charge >= 0.3 is 0 Å². The standard InChI is InChI=1S/C16H22N2O2/c1-15(2,3)17-13(19)10-18-12-9-7-6-8-11(12)16(4,5)14(18)20/h6-9H,10H2,1-5H3,(H,17,19). The highest BCUT2D eigenvalue weighted by molar-refractivity contribution is 6.10. The van der Waals surface area contributed by atoms with Crippen molar-refractivity contribution in [3.63, 3.8) is 0 Å². The Kier molecular flexibility index (Phi) is 3.36. The van der Waals surface area contributed by atoms with Crippen molar-refractivity contribution in [2.75, 3.05) is 11.4 Å². The highest BCUT2D eigenvalue weighted by Crippen LogP contribution is 2.40. The number of carbonyl (C=O) groups is 2. The zero-order valence-electron chi connectivity index (χ0n) is 12.8. The fraction of sp³-hybridized carbons (Fsp3) is 0.500. The predicted octanol–water partition coefficient (Wildman–Crippen LogP) is 2.23.